The highest BCUT2D eigenvalue weighted by Crippen LogP contribution is 2.29. The van der Waals surface area contributed by atoms with Gasteiger partial charge in [0.05, 0.1) is 6.20 Å². The van der Waals surface area contributed by atoms with E-state index in [0.717, 1.165) is 12.1 Å². The molecule has 29 heavy (non-hydrogen) atoms. The third kappa shape index (κ3) is 5.58. The van der Waals surface area contributed by atoms with E-state index in [4.69, 9.17) is 10.5 Å². The number of aromatic nitrogens is 2. The second-order valence-corrected chi connectivity index (χ2v) is 5.83. The van der Waals surface area contributed by atoms with Gasteiger partial charge in [-0.15, -0.1) is 13.2 Å². The summed E-state index contributed by atoms with van der Waals surface area (Å²) in [5.74, 6) is -0.0198. The molecule has 0 atom stereocenters. The van der Waals surface area contributed by atoms with E-state index in [2.05, 4.69) is 20.0 Å². The number of nitrogens with one attached hydrogen (secondary N) is 1. The number of ether oxygens (including phenoxy) is 2. The Morgan fingerprint density at radius 1 is 1.10 bits per heavy atom. The van der Waals surface area contributed by atoms with Crippen molar-refractivity contribution in [3.8, 4) is 28.6 Å². The standard InChI is InChI=1S/C19H15F3N4O3/c1-11(27)25-13-3-2-4-15(9-13)28-16-10-24-17(18(23)26-16)12-5-7-14(8-6-12)29-19(20,21)22/h2-10H,1H3,(H2,23,26)(H,25,27). The van der Waals surface area contributed by atoms with Crippen molar-refractivity contribution in [1.82, 2.24) is 9.97 Å². The predicted octanol–water partition coefficient (Wildman–Crippen LogP) is 4.38. The fourth-order valence-electron chi connectivity index (χ4n) is 2.43. The maximum atomic E-state index is 12.2. The van der Waals surface area contributed by atoms with Crippen molar-refractivity contribution in [1.29, 1.82) is 0 Å². The number of carbonyl (C=O) groups is 1. The van der Waals surface area contributed by atoms with Crippen LogP contribution in [0.5, 0.6) is 17.4 Å². The van der Waals surface area contributed by atoms with Crippen molar-refractivity contribution in [3.63, 3.8) is 0 Å². The summed E-state index contributed by atoms with van der Waals surface area (Å²) in [6.45, 7) is 1.39. The Hall–Kier alpha value is -3.82. The largest absolute Gasteiger partial charge is 0.573 e. The molecule has 3 aromatic rings. The first kappa shape index (κ1) is 19.9. The van der Waals surface area contributed by atoms with E-state index in [9.17, 15) is 18.0 Å². The molecule has 150 valence electrons. The number of rotatable bonds is 5. The molecule has 7 nitrogen and oxygen atoms in total. The van der Waals surface area contributed by atoms with Crippen molar-refractivity contribution in [2.75, 3.05) is 11.1 Å². The van der Waals surface area contributed by atoms with Crippen LogP contribution in [0.1, 0.15) is 6.92 Å². The Labute approximate surface area is 163 Å². The lowest BCUT2D eigenvalue weighted by Crippen LogP contribution is -2.16. The van der Waals surface area contributed by atoms with Gasteiger partial charge in [-0.25, -0.2) is 4.98 Å². The van der Waals surface area contributed by atoms with E-state index in [1.807, 2.05) is 0 Å². The van der Waals surface area contributed by atoms with Gasteiger partial charge in [0.15, 0.2) is 5.82 Å². The van der Waals surface area contributed by atoms with Crippen LogP contribution in [-0.4, -0.2) is 22.2 Å². The number of halogens is 3. The molecule has 1 amide bonds. The number of nitrogens with two attached hydrogens (primary N) is 1. The molecule has 0 spiro atoms. The van der Waals surface area contributed by atoms with E-state index in [-0.39, 0.29) is 29.0 Å². The Bertz CT molecular complexity index is 1020. The van der Waals surface area contributed by atoms with Crippen molar-refractivity contribution in [2.45, 2.75) is 13.3 Å². The lowest BCUT2D eigenvalue weighted by molar-refractivity contribution is -0.274. The van der Waals surface area contributed by atoms with E-state index >= 15 is 0 Å². The normalized spacial score (nSPS) is 11.0. The molecule has 0 aliphatic heterocycles. The lowest BCUT2D eigenvalue weighted by Gasteiger charge is -2.11. The molecule has 3 rings (SSSR count). The number of amides is 1. The van der Waals surface area contributed by atoms with Crippen molar-refractivity contribution in [3.05, 3.63) is 54.7 Å². The summed E-state index contributed by atoms with van der Waals surface area (Å²) >= 11 is 0. The van der Waals surface area contributed by atoms with Gasteiger partial charge in [0.25, 0.3) is 0 Å². The van der Waals surface area contributed by atoms with Crippen LogP contribution in [0.25, 0.3) is 11.3 Å². The molecule has 10 heteroatoms. The van der Waals surface area contributed by atoms with Gasteiger partial charge in [-0.3, -0.25) is 4.79 Å². The minimum atomic E-state index is -4.77. The summed E-state index contributed by atoms with van der Waals surface area (Å²) in [4.78, 5) is 19.4. The zero-order chi connectivity index (χ0) is 21.0. The zero-order valence-electron chi connectivity index (χ0n) is 15.0. The molecule has 0 aliphatic carbocycles. The van der Waals surface area contributed by atoms with Gasteiger partial charge in [-0.1, -0.05) is 6.07 Å². The van der Waals surface area contributed by atoms with Crippen molar-refractivity contribution in [2.24, 2.45) is 0 Å². The van der Waals surface area contributed by atoms with Gasteiger partial charge >= 0.3 is 6.36 Å². The molecule has 0 saturated heterocycles. The first-order chi connectivity index (χ1) is 13.7. The minimum Gasteiger partial charge on any atom is -0.437 e. The van der Waals surface area contributed by atoms with Crippen molar-refractivity contribution >= 4 is 17.4 Å². The highest BCUT2D eigenvalue weighted by atomic mass is 19.4. The molecule has 0 radical (unpaired) electrons. The topological polar surface area (TPSA) is 99.4 Å². The number of nitrogens with zero attached hydrogens (tertiary/aromatic N) is 2. The summed E-state index contributed by atoms with van der Waals surface area (Å²) in [5.41, 5.74) is 7.21. The van der Waals surface area contributed by atoms with Crippen LogP contribution in [-0.2, 0) is 4.79 Å². The van der Waals surface area contributed by atoms with Crippen LogP contribution in [0.2, 0.25) is 0 Å². The fourth-order valence-corrected chi connectivity index (χ4v) is 2.43. The molecule has 1 aromatic heterocycles. The molecule has 1 heterocycles. The van der Waals surface area contributed by atoms with Gasteiger partial charge in [-0.05, 0) is 36.4 Å². The van der Waals surface area contributed by atoms with Gasteiger partial charge < -0.3 is 20.5 Å². The van der Waals surface area contributed by atoms with Crippen LogP contribution in [0.3, 0.4) is 0 Å². The summed E-state index contributed by atoms with van der Waals surface area (Å²) in [7, 11) is 0. The number of hydrogen-bond donors (Lipinski definition) is 2. The average molecular weight is 404 g/mol. The Kier molecular flexibility index (Phi) is 5.53. The minimum absolute atomic E-state index is 0.0324. The first-order valence-electron chi connectivity index (χ1n) is 8.24. The highest BCUT2D eigenvalue weighted by molar-refractivity contribution is 5.88. The lowest BCUT2D eigenvalue weighted by atomic mass is 10.1. The predicted molar refractivity (Wildman–Crippen MR) is 99.4 cm³/mol. The average Bonchev–Trinajstić information content (AvgIpc) is 2.61. The Balaban J connectivity index is 1.76. The summed E-state index contributed by atoms with van der Waals surface area (Å²) in [6, 6.07) is 11.7. The maximum Gasteiger partial charge on any atom is 0.573 e. The monoisotopic (exact) mass is 404 g/mol. The number of carbonyl (C=O) groups excluding carboxylic acids is 1. The van der Waals surface area contributed by atoms with Crippen LogP contribution in [0, 0.1) is 0 Å². The summed E-state index contributed by atoms with van der Waals surface area (Å²) in [5, 5.41) is 2.63. The number of alkyl halides is 3. The van der Waals surface area contributed by atoms with E-state index in [0.29, 0.717) is 17.0 Å². The molecular formula is C19H15F3N4O3. The molecule has 0 unspecified atom stereocenters. The van der Waals surface area contributed by atoms with Gasteiger partial charge in [0.2, 0.25) is 11.8 Å². The van der Waals surface area contributed by atoms with Crippen LogP contribution < -0.4 is 20.5 Å². The van der Waals surface area contributed by atoms with E-state index in [1.54, 1.807) is 24.3 Å². The molecule has 0 saturated carbocycles. The Morgan fingerprint density at radius 2 is 1.83 bits per heavy atom. The third-order valence-electron chi connectivity index (χ3n) is 3.52. The van der Waals surface area contributed by atoms with E-state index < -0.39 is 6.36 Å². The molecule has 0 bridgehead atoms. The van der Waals surface area contributed by atoms with Gasteiger partial charge in [0.1, 0.15) is 17.2 Å². The van der Waals surface area contributed by atoms with Gasteiger partial charge in [-0.2, -0.15) is 4.98 Å². The Morgan fingerprint density at radius 3 is 2.45 bits per heavy atom. The summed E-state index contributed by atoms with van der Waals surface area (Å²) in [6.07, 6.45) is -3.44. The third-order valence-corrected chi connectivity index (χ3v) is 3.52. The SMILES string of the molecule is CC(=O)Nc1cccc(Oc2cnc(-c3ccc(OC(F)(F)F)cc3)c(N)n2)c1. The number of benzene rings is 2. The number of hydrogen-bond acceptors (Lipinski definition) is 6. The molecule has 3 N–H and O–H groups in total. The van der Waals surface area contributed by atoms with Crippen molar-refractivity contribution < 1.29 is 27.4 Å². The van der Waals surface area contributed by atoms with Gasteiger partial charge in [0, 0.05) is 24.2 Å². The van der Waals surface area contributed by atoms with Crippen LogP contribution >= 0.6 is 0 Å². The second kappa shape index (κ2) is 8.05. The summed E-state index contributed by atoms with van der Waals surface area (Å²) < 4.78 is 46.1. The van der Waals surface area contributed by atoms with Crippen LogP contribution in [0.15, 0.2) is 54.7 Å². The molecular weight excluding hydrogens is 389 g/mol. The number of anilines is 2. The maximum absolute atomic E-state index is 12.2. The second-order valence-electron chi connectivity index (χ2n) is 5.83. The molecule has 0 fully saturated rings. The van der Waals surface area contributed by atoms with Crippen LogP contribution in [0.4, 0.5) is 24.7 Å². The quantitative estimate of drug-likeness (QED) is 0.655. The highest BCUT2D eigenvalue weighted by Gasteiger charge is 2.31. The zero-order valence-corrected chi connectivity index (χ0v) is 15.0. The first-order valence-corrected chi connectivity index (χ1v) is 8.24. The number of nitrogen functional groups attached to an aromatic ring is 1. The fraction of sp³-hybridized carbons (Fsp3) is 0.105. The van der Waals surface area contributed by atoms with E-state index in [1.165, 1.54) is 25.3 Å². The molecule has 0 aliphatic rings. The molecule has 2 aromatic carbocycles. The smallest absolute Gasteiger partial charge is 0.437 e.